The van der Waals surface area contributed by atoms with Crippen molar-refractivity contribution in [3.05, 3.63) is 76.4 Å². The maximum Gasteiger partial charge on any atom is 0.251 e. The summed E-state index contributed by atoms with van der Waals surface area (Å²) in [5.41, 5.74) is 4.77. The van der Waals surface area contributed by atoms with Gasteiger partial charge in [0.05, 0.1) is 11.9 Å². The summed E-state index contributed by atoms with van der Waals surface area (Å²) in [7, 11) is 0. The summed E-state index contributed by atoms with van der Waals surface area (Å²) in [5.74, 6) is -0.0826. The number of carbonyl (C=O) groups is 1. The Balaban J connectivity index is 1.56. The topological polar surface area (TPSA) is 57.8 Å². The molecule has 1 amide bonds. The molecule has 2 N–H and O–H groups in total. The van der Waals surface area contributed by atoms with E-state index in [1.807, 2.05) is 36.4 Å². The van der Waals surface area contributed by atoms with Crippen molar-refractivity contribution in [2.45, 2.75) is 45.6 Å². The minimum absolute atomic E-state index is 0.0826. The van der Waals surface area contributed by atoms with E-state index in [0.717, 1.165) is 23.2 Å². The summed E-state index contributed by atoms with van der Waals surface area (Å²) >= 11 is 5.95. The Hall–Kier alpha value is -2.59. The number of nitrogens with one attached hydrogen (secondary N) is 2. The third-order valence-corrected chi connectivity index (χ3v) is 5.08. The molecule has 0 spiro atoms. The molecule has 5 heteroatoms. The van der Waals surface area contributed by atoms with E-state index < -0.39 is 0 Å². The molecule has 1 heterocycles. The average molecular weight is 396 g/mol. The summed E-state index contributed by atoms with van der Waals surface area (Å²) in [6, 6.07) is 15.4. The normalized spacial score (nSPS) is 10.8. The Kier molecular flexibility index (Phi) is 7.26. The van der Waals surface area contributed by atoms with Gasteiger partial charge in [-0.2, -0.15) is 5.10 Å². The predicted octanol–water partition coefficient (Wildman–Crippen LogP) is 5.78. The highest BCUT2D eigenvalue weighted by atomic mass is 35.5. The van der Waals surface area contributed by atoms with Crippen molar-refractivity contribution in [1.29, 1.82) is 0 Å². The Morgan fingerprint density at radius 2 is 1.79 bits per heavy atom. The number of amides is 1. The van der Waals surface area contributed by atoms with E-state index in [0.29, 0.717) is 17.1 Å². The van der Waals surface area contributed by atoms with Gasteiger partial charge in [0.1, 0.15) is 0 Å². The van der Waals surface area contributed by atoms with Crippen molar-refractivity contribution in [2.24, 2.45) is 0 Å². The Labute approximate surface area is 171 Å². The van der Waals surface area contributed by atoms with E-state index in [1.54, 1.807) is 6.20 Å². The van der Waals surface area contributed by atoms with Gasteiger partial charge in [-0.1, -0.05) is 62.1 Å². The quantitative estimate of drug-likeness (QED) is 0.451. The monoisotopic (exact) mass is 395 g/mol. The SMILES string of the molecule is CCCCCCc1ccc(C(=O)NCc2cn[nH]c2-c2ccc(Cl)cc2)cc1. The van der Waals surface area contributed by atoms with Crippen molar-refractivity contribution < 1.29 is 4.79 Å². The number of benzene rings is 2. The second-order valence-corrected chi connectivity index (χ2v) is 7.40. The van der Waals surface area contributed by atoms with Crippen LogP contribution in [0.1, 0.15) is 54.1 Å². The number of hydrogen-bond acceptors (Lipinski definition) is 2. The molecule has 1 aromatic heterocycles. The number of unbranched alkanes of at least 4 members (excludes halogenated alkanes) is 3. The first-order valence-corrected chi connectivity index (χ1v) is 10.2. The largest absolute Gasteiger partial charge is 0.348 e. The summed E-state index contributed by atoms with van der Waals surface area (Å²) in [4.78, 5) is 12.5. The highest BCUT2D eigenvalue weighted by molar-refractivity contribution is 6.30. The first kappa shape index (κ1) is 20.2. The van der Waals surface area contributed by atoms with Crippen molar-refractivity contribution in [3.63, 3.8) is 0 Å². The number of halogens is 1. The molecule has 0 atom stereocenters. The number of nitrogens with zero attached hydrogens (tertiary/aromatic N) is 1. The molecular weight excluding hydrogens is 370 g/mol. The van der Waals surface area contributed by atoms with E-state index >= 15 is 0 Å². The van der Waals surface area contributed by atoms with Crippen LogP contribution in [0.5, 0.6) is 0 Å². The number of H-pyrrole nitrogens is 1. The van der Waals surface area contributed by atoms with Crippen LogP contribution >= 0.6 is 11.6 Å². The number of aryl methyl sites for hydroxylation is 1. The molecule has 0 aliphatic heterocycles. The van der Waals surface area contributed by atoms with Gasteiger partial charge in [0.25, 0.3) is 5.91 Å². The fourth-order valence-electron chi connectivity index (χ4n) is 3.17. The maximum absolute atomic E-state index is 12.5. The van der Waals surface area contributed by atoms with Gasteiger partial charge < -0.3 is 5.32 Å². The molecule has 3 aromatic rings. The summed E-state index contributed by atoms with van der Waals surface area (Å²) < 4.78 is 0. The zero-order valence-electron chi connectivity index (χ0n) is 16.2. The van der Waals surface area contributed by atoms with E-state index in [4.69, 9.17) is 11.6 Å². The van der Waals surface area contributed by atoms with Crippen LogP contribution in [0, 0.1) is 0 Å². The molecule has 146 valence electrons. The van der Waals surface area contributed by atoms with Crippen molar-refractivity contribution in [2.75, 3.05) is 0 Å². The summed E-state index contributed by atoms with van der Waals surface area (Å²) in [6.45, 7) is 2.63. The van der Waals surface area contributed by atoms with Gasteiger partial charge in [0, 0.05) is 22.7 Å². The molecule has 0 saturated heterocycles. The fourth-order valence-corrected chi connectivity index (χ4v) is 3.29. The van der Waals surface area contributed by atoms with Crippen LogP contribution in [0.15, 0.2) is 54.7 Å². The van der Waals surface area contributed by atoms with Gasteiger partial charge in [0.2, 0.25) is 0 Å². The smallest absolute Gasteiger partial charge is 0.251 e. The highest BCUT2D eigenvalue weighted by Gasteiger charge is 2.10. The van der Waals surface area contributed by atoms with Crippen LogP contribution in [-0.4, -0.2) is 16.1 Å². The third-order valence-electron chi connectivity index (χ3n) is 4.83. The molecule has 0 aliphatic carbocycles. The number of aromatic nitrogens is 2. The molecule has 0 saturated carbocycles. The van der Waals surface area contributed by atoms with Crippen LogP contribution in [-0.2, 0) is 13.0 Å². The van der Waals surface area contributed by atoms with E-state index in [-0.39, 0.29) is 5.91 Å². The third kappa shape index (κ3) is 5.46. The molecule has 0 aliphatic rings. The van der Waals surface area contributed by atoms with Crippen LogP contribution in [0.3, 0.4) is 0 Å². The molecule has 3 rings (SSSR count). The number of carbonyl (C=O) groups excluding carboxylic acids is 1. The maximum atomic E-state index is 12.5. The highest BCUT2D eigenvalue weighted by Crippen LogP contribution is 2.23. The molecule has 0 fully saturated rings. The zero-order valence-corrected chi connectivity index (χ0v) is 16.9. The molecule has 0 unspecified atom stereocenters. The van der Waals surface area contributed by atoms with Gasteiger partial charge in [-0.15, -0.1) is 0 Å². The average Bonchev–Trinajstić information content (AvgIpc) is 3.19. The van der Waals surface area contributed by atoms with Gasteiger partial charge >= 0.3 is 0 Å². The summed E-state index contributed by atoms with van der Waals surface area (Å²) in [6.07, 6.45) is 7.81. The Morgan fingerprint density at radius 1 is 1.04 bits per heavy atom. The molecular formula is C23H26ClN3O. The van der Waals surface area contributed by atoms with E-state index in [9.17, 15) is 4.79 Å². The van der Waals surface area contributed by atoms with Gasteiger partial charge in [-0.3, -0.25) is 9.89 Å². The van der Waals surface area contributed by atoms with Crippen LogP contribution in [0.25, 0.3) is 11.3 Å². The molecule has 0 radical (unpaired) electrons. The van der Waals surface area contributed by atoms with Gasteiger partial charge in [0.15, 0.2) is 0 Å². The lowest BCUT2D eigenvalue weighted by Crippen LogP contribution is -2.22. The van der Waals surface area contributed by atoms with E-state index in [2.05, 4.69) is 34.6 Å². The van der Waals surface area contributed by atoms with Gasteiger partial charge in [-0.25, -0.2) is 0 Å². The molecule has 0 bridgehead atoms. The number of aromatic amines is 1. The first-order valence-electron chi connectivity index (χ1n) is 9.82. The van der Waals surface area contributed by atoms with Crippen LogP contribution < -0.4 is 5.32 Å². The second-order valence-electron chi connectivity index (χ2n) is 6.97. The lowest BCUT2D eigenvalue weighted by Gasteiger charge is -2.07. The Bertz CT molecular complexity index is 885. The standard InChI is InChI=1S/C23H26ClN3O/c1-2-3-4-5-6-17-7-9-19(10-8-17)23(28)25-15-20-16-26-27-22(20)18-11-13-21(24)14-12-18/h7-14,16H,2-6,15H2,1H3,(H,25,28)(H,26,27). The second kappa shape index (κ2) is 10.1. The molecule has 28 heavy (non-hydrogen) atoms. The minimum Gasteiger partial charge on any atom is -0.348 e. The zero-order chi connectivity index (χ0) is 19.8. The van der Waals surface area contributed by atoms with E-state index in [1.165, 1.54) is 31.2 Å². The lowest BCUT2D eigenvalue weighted by atomic mass is 10.0. The predicted molar refractivity (Wildman–Crippen MR) is 114 cm³/mol. The first-order chi connectivity index (χ1) is 13.7. The lowest BCUT2D eigenvalue weighted by molar-refractivity contribution is 0.0951. The fraction of sp³-hybridized carbons (Fsp3) is 0.304. The van der Waals surface area contributed by atoms with Crippen LogP contribution in [0.2, 0.25) is 5.02 Å². The number of rotatable bonds is 9. The van der Waals surface area contributed by atoms with Crippen molar-refractivity contribution in [1.82, 2.24) is 15.5 Å². The van der Waals surface area contributed by atoms with Crippen LogP contribution in [0.4, 0.5) is 0 Å². The molecule has 2 aromatic carbocycles. The Morgan fingerprint density at radius 3 is 2.50 bits per heavy atom. The minimum atomic E-state index is -0.0826. The van der Waals surface area contributed by atoms with Gasteiger partial charge in [-0.05, 0) is 48.2 Å². The molecule has 4 nitrogen and oxygen atoms in total. The number of hydrogen-bond donors (Lipinski definition) is 2. The van der Waals surface area contributed by atoms with Crippen molar-refractivity contribution >= 4 is 17.5 Å². The van der Waals surface area contributed by atoms with Crippen molar-refractivity contribution in [3.8, 4) is 11.3 Å². The summed E-state index contributed by atoms with van der Waals surface area (Å²) in [5, 5.41) is 10.8.